The van der Waals surface area contributed by atoms with E-state index < -0.39 is 6.29 Å². The van der Waals surface area contributed by atoms with Crippen molar-refractivity contribution in [1.82, 2.24) is 0 Å². The molecule has 2 aromatic carbocycles. The van der Waals surface area contributed by atoms with Gasteiger partial charge in [0.05, 0.1) is 7.14 Å². The molecule has 0 aliphatic rings. The molecule has 0 atom stereocenters. The van der Waals surface area contributed by atoms with Gasteiger partial charge in [-0.2, -0.15) is 0 Å². The van der Waals surface area contributed by atoms with E-state index in [0.717, 1.165) is 6.42 Å². The SMILES string of the molecule is CCCC(Oc1ccc(F)cc1I)Oc1ccc(F)cc1I. The predicted molar refractivity (Wildman–Crippen MR) is 98.2 cm³/mol. The summed E-state index contributed by atoms with van der Waals surface area (Å²) < 4.78 is 39.3. The topological polar surface area (TPSA) is 18.5 Å². The molecule has 6 heteroatoms. The van der Waals surface area contributed by atoms with Crippen LogP contribution in [0, 0.1) is 18.8 Å². The van der Waals surface area contributed by atoms with Gasteiger partial charge in [0.25, 0.3) is 0 Å². The minimum absolute atomic E-state index is 0.308. The Hall–Kier alpha value is -0.640. The van der Waals surface area contributed by atoms with Gasteiger partial charge in [-0.3, -0.25) is 0 Å². The van der Waals surface area contributed by atoms with E-state index in [2.05, 4.69) is 0 Å². The van der Waals surface area contributed by atoms with Gasteiger partial charge >= 0.3 is 0 Å². The smallest absolute Gasteiger partial charge is 0.241 e. The summed E-state index contributed by atoms with van der Waals surface area (Å²) in [6, 6.07) is 8.67. The molecule has 2 aromatic rings. The fraction of sp³-hybridized carbons (Fsp3) is 0.250. The van der Waals surface area contributed by atoms with Crippen molar-refractivity contribution in [2.45, 2.75) is 26.1 Å². The predicted octanol–water partition coefficient (Wildman–Crippen LogP) is 5.76. The highest BCUT2D eigenvalue weighted by Crippen LogP contribution is 2.27. The highest BCUT2D eigenvalue weighted by molar-refractivity contribution is 14.1. The molecule has 0 saturated carbocycles. The van der Waals surface area contributed by atoms with Crippen molar-refractivity contribution in [3.63, 3.8) is 0 Å². The Kier molecular flexibility index (Phi) is 6.66. The van der Waals surface area contributed by atoms with Crippen LogP contribution in [0.5, 0.6) is 11.5 Å². The molecule has 0 aromatic heterocycles. The number of hydrogen-bond donors (Lipinski definition) is 0. The van der Waals surface area contributed by atoms with E-state index in [9.17, 15) is 8.78 Å². The highest BCUT2D eigenvalue weighted by Gasteiger charge is 2.15. The summed E-state index contributed by atoms with van der Waals surface area (Å²) in [7, 11) is 0. The summed E-state index contributed by atoms with van der Waals surface area (Å²) in [5.74, 6) is 0.519. The summed E-state index contributed by atoms with van der Waals surface area (Å²) in [5.41, 5.74) is 0. The Bertz CT molecular complexity index is 597. The summed E-state index contributed by atoms with van der Waals surface area (Å²) in [6.07, 6.45) is 1.02. The first-order valence-corrected chi connectivity index (χ1v) is 8.88. The Morgan fingerprint density at radius 3 is 1.73 bits per heavy atom. The summed E-state index contributed by atoms with van der Waals surface area (Å²) in [4.78, 5) is 0. The molecule has 0 bridgehead atoms. The molecule has 0 unspecified atom stereocenters. The van der Waals surface area contributed by atoms with Crippen molar-refractivity contribution in [3.05, 3.63) is 55.2 Å². The molecular formula is C16H14F2I2O2. The van der Waals surface area contributed by atoms with E-state index in [0.29, 0.717) is 25.1 Å². The number of halogens is 4. The highest BCUT2D eigenvalue weighted by atomic mass is 127. The largest absolute Gasteiger partial charge is 0.454 e. The molecule has 2 nitrogen and oxygen atoms in total. The second kappa shape index (κ2) is 8.28. The number of hydrogen-bond acceptors (Lipinski definition) is 2. The second-order valence-corrected chi connectivity index (χ2v) is 6.93. The molecule has 0 amide bonds. The molecule has 0 aliphatic heterocycles. The third-order valence-corrected chi connectivity index (χ3v) is 4.52. The maximum absolute atomic E-state index is 13.1. The molecular weight excluding hydrogens is 516 g/mol. The molecule has 0 heterocycles. The lowest BCUT2D eigenvalue weighted by Crippen LogP contribution is -2.24. The van der Waals surface area contributed by atoms with Crippen LogP contribution in [0.25, 0.3) is 0 Å². The van der Waals surface area contributed by atoms with Crippen LogP contribution in [-0.2, 0) is 0 Å². The van der Waals surface area contributed by atoms with Crippen molar-refractivity contribution in [1.29, 1.82) is 0 Å². The van der Waals surface area contributed by atoms with Gasteiger partial charge in [-0.15, -0.1) is 0 Å². The van der Waals surface area contributed by atoms with Gasteiger partial charge in [0.1, 0.15) is 23.1 Å². The molecule has 22 heavy (non-hydrogen) atoms. The average Bonchev–Trinajstić information content (AvgIpc) is 2.45. The van der Waals surface area contributed by atoms with Gasteiger partial charge in [-0.25, -0.2) is 8.78 Å². The van der Waals surface area contributed by atoms with E-state index in [4.69, 9.17) is 9.47 Å². The summed E-state index contributed by atoms with van der Waals surface area (Å²) >= 11 is 4.04. The first kappa shape index (κ1) is 17.7. The van der Waals surface area contributed by atoms with E-state index in [1.54, 1.807) is 12.1 Å². The molecule has 0 aliphatic carbocycles. The lowest BCUT2D eigenvalue weighted by molar-refractivity contribution is -0.00243. The van der Waals surface area contributed by atoms with Crippen LogP contribution in [0.3, 0.4) is 0 Å². The number of benzene rings is 2. The number of ether oxygens (including phenoxy) is 2. The zero-order valence-corrected chi connectivity index (χ0v) is 16.1. The van der Waals surface area contributed by atoms with Crippen molar-refractivity contribution in [2.75, 3.05) is 0 Å². The quantitative estimate of drug-likeness (QED) is 0.350. The van der Waals surface area contributed by atoms with Crippen LogP contribution in [0.4, 0.5) is 8.78 Å². The third-order valence-electron chi connectivity index (χ3n) is 2.83. The molecule has 0 fully saturated rings. The average molecular weight is 530 g/mol. The molecule has 0 spiro atoms. The van der Waals surface area contributed by atoms with Crippen LogP contribution < -0.4 is 9.47 Å². The Balaban J connectivity index is 2.15. The van der Waals surface area contributed by atoms with Crippen LogP contribution in [-0.4, -0.2) is 6.29 Å². The maximum atomic E-state index is 13.1. The van der Waals surface area contributed by atoms with Gasteiger partial charge in [0.15, 0.2) is 0 Å². The normalized spacial score (nSPS) is 10.8. The minimum Gasteiger partial charge on any atom is -0.454 e. The van der Waals surface area contributed by atoms with Crippen LogP contribution in [0.15, 0.2) is 36.4 Å². The van der Waals surface area contributed by atoms with Gasteiger partial charge < -0.3 is 9.47 Å². The summed E-state index contributed by atoms with van der Waals surface area (Å²) in [6.45, 7) is 2.02. The van der Waals surface area contributed by atoms with E-state index in [-0.39, 0.29) is 11.6 Å². The molecule has 0 radical (unpaired) electrons. The van der Waals surface area contributed by atoms with Crippen molar-refractivity contribution in [3.8, 4) is 11.5 Å². The third kappa shape index (κ3) is 4.94. The van der Waals surface area contributed by atoms with Gasteiger partial charge in [0.2, 0.25) is 6.29 Å². The zero-order chi connectivity index (χ0) is 16.1. The van der Waals surface area contributed by atoms with Gasteiger partial charge in [-0.1, -0.05) is 6.92 Å². The fourth-order valence-corrected chi connectivity index (χ4v) is 3.01. The van der Waals surface area contributed by atoms with Crippen LogP contribution >= 0.6 is 45.2 Å². The van der Waals surface area contributed by atoms with Crippen molar-refractivity contribution < 1.29 is 18.3 Å². The van der Waals surface area contributed by atoms with E-state index >= 15 is 0 Å². The summed E-state index contributed by atoms with van der Waals surface area (Å²) in [5, 5.41) is 0. The van der Waals surface area contributed by atoms with E-state index in [1.165, 1.54) is 24.3 Å². The first-order valence-electron chi connectivity index (χ1n) is 6.73. The second-order valence-electron chi connectivity index (χ2n) is 4.60. The lowest BCUT2D eigenvalue weighted by atomic mass is 10.3. The van der Waals surface area contributed by atoms with E-state index in [1.807, 2.05) is 52.1 Å². The molecule has 0 saturated heterocycles. The zero-order valence-electron chi connectivity index (χ0n) is 11.8. The fourth-order valence-electron chi connectivity index (χ4n) is 1.80. The van der Waals surface area contributed by atoms with Crippen LogP contribution in [0.1, 0.15) is 19.8 Å². The first-order chi connectivity index (χ1) is 10.5. The Morgan fingerprint density at radius 2 is 1.36 bits per heavy atom. The minimum atomic E-state index is -0.511. The Morgan fingerprint density at radius 1 is 0.909 bits per heavy atom. The van der Waals surface area contributed by atoms with Gasteiger partial charge in [-0.05, 0) is 88.0 Å². The van der Waals surface area contributed by atoms with Crippen molar-refractivity contribution in [2.24, 2.45) is 0 Å². The Labute approximate surface area is 155 Å². The maximum Gasteiger partial charge on any atom is 0.241 e. The van der Waals surface area contributed by atoms with Crippen LogP contribution in [0.2, 0.25) is 0 Å². The van der Waals surface area contributed by atoms with Gasteiger partial charge in [0, 0.05) is 6.42 Å². The molecule has 0 N–H and O–H groups in total. The van der Waals surface area contributed by atoms with Crippen molar-refractivity contribution >= 4 is 45.2 Å². The monoisotopic (exact) mass is 530 g/mol. The lowest BCUT2D eigenvalue weighted by Gasteiger charge is -2.21. The molecule has 2 rings (SSSR count). The standard InChI is InChI=1S/C16H14F2I2O2/c1-2-3-16(21-14-6-4-10(17)8-12(14)19)22-15-7-5-11(18)9-13(15)20/h4-9,16H,2-3H2,1H3. The number of rotatable bonds is 6. The molecule has 118 valence electrons.